The number of hydrogen-bond donors (Lipinski definition) is 0. The Labute approximate surface area is 94.1 Å². The zero-order chi connectivity index (χ0) is 11.1. The van der Waals surface area contributed by atoms with Crippen LogP contribution in [0.25, 0.3) is 9.88 Å². The lowest BCUT2D eigenvalue weighted by atomic mass is 10.4. The summed E-state index contributed by atoms with van der Waals surface area (Å²) in [6.07, 6.45) is 1.11. The van der Waals surface area contributed by atoms with Crippen LogP contribution in [-0.2, 0) is 9.84 Å². The Morgan fingerprint density at radius 2 is 1.93 bits per heavy atom. The second-order valence-electron chi connectivity index (χ2n) is 2.83. The van der Waals surface area contributed by atoms with Crippen molar-refractivity contribution in [1.82, 2.24) is 19.8 Å². The predicted molar refractivity (Wildman–Crippen MR) is 56.7 cm³/mol. The maximum Gasteiger partial charge on any atom is 0.232 e. The second kappa shape index (κ2) is 3.58. The molecule has 0 aliphatic carbocycles. The van der Waals surface area contributed by atoms with Crippen molar-refractivity contribution in [3.05, 3.63) is 5.69 Å². The summed E-state index contributed by atoms with van der Waals surface area (Å²) in [7, 11) is -3.28. The molecule has 6 nitrogen and oxygen atoms in total. The lowest BCUT2D eigenvalue weighted by Gasteiger charge is -1.86. The van der Waals surface area contributed by atoms with Crippen molar-refractivity contribution in [3.8, 4) is 9.88 Å². The van der Waals surface area contributed by atoms with E-state index >= 15 is 0 Å². The zero-order valence-electron chi connectivity index (χ0n) is 7.83. The van der Waals surface area contributed by atoms with Crippen LogP contribution in [0.1, 0.15) is 5.69 Å². The Morgan fingerprint density at radius 3 is 2.40 bits per heavy atom. The molecule has 2 heterocycles. The summed E-state index contributed by atoms with van der Waals surface area (Å²) >= 11 is 2.21. The van der Waals surface area contributed by atoms with Crippen molar-refractivity contribution >= 4 is 32.7 Å². The van der Waals surface area contributed by atoms with Gasteiger partial charge in [-0.15, -0.1) is 15.3 Å². The minimum Gasteiger partial charge on any atom is -0.221 e. The highest BCUT2D eigenvalue weighted by molar-refractivity contribution is 7.92. The molecule has 2 aromatic rings. The molecular formula is C6H6N4O2S3. The van der Waals surface area contributed by atoms with Gasteiger partial charge in [0.2, 0.25) is 14.2 Å². The van der Waals surface area contributed by atoms with Crippen LogP contribution in [0.2, 0.25) is 0 Å². The molecule has 0 unspecified atom stereocenters. The Balaban J connectivity index is 2.50. The molecular weight excluding hydrogens is 256 g/mol. The first-order valence-electron chi connectivity index (χ1n) is 3.81. The normalized spacial score (nSPS) is 11.9. The molecule has 0 aromatic carbocycles. The molecule has 0 bridgehead atoms. The topological polar surface area (TPSA) is 85.7 Å². The van der Waals surface area contributed by atoms with Crippen LogP contribution in [0.5, 0.6) is 0 Å². The molecule has 0 saturated heterocycles. The highest BCUT2D eigenvalue weighted by Gasteiger charge is 2.17. The standard InChI is InChI=1S/C6H6N4O2S3/c1-3-4(14-10-7-3)5-8-9-6(13-5)15(2,11)12/h1-2H3. The van der Waals surface area contributed by atoms with E-state index in [0.717, 1.165) is 28.2 Å². The quantitative estimate of drug-likeness (QED) is 0.794. The van der Waals surface area contributed by atoms with Crippen molar-refractivity contribution in [1.29, 1.82) is 0 Å². The SMILES string of the molecule is Cc1nnsc1-c1nnc(S(C)(=O)=O)s1. The third-order valence-electron chi connectivity index (χ3n) is 1.57. The molecule has 0 radical (unpaired) electrons. The average molecular weight is 262 g/mol. The molecule has 9 heteroatoms. The number of hydrogen-bond acceptors (Lipinski definition) is 8. The van der Waals surface area contributed by atoms with E-state index in [1.54, 1.807) is 6.92 Å². The van der Waals surface area contributed by atoms with Gasteiger partial charge >= 0.3 is 0 Å². The molecule has 2 aromatic heterocycles. The van der Waals surface area contributed by atoms with Gasteiger partial charge in [0, 0.05) is 6.26 Å². The third kappa shape index (κ3) is 2.03. The Morgan fingerprint density at radius 1 is 1.20 bits per heavy atom. The fourth-order valence-electron chi connectivity index (χ4n) is 0.879. The van der Waals surface area contributed by atoms with Gasteiger partial charge in [-0.1, -0.05) is 15.8 Å². The molecule has 0 amide bonds. The van der Waals surface area contributed by atoms with Gasteiger partial charge in [-0.25, -0.2) is 8.42 Å². The number of rotatable bonds is 2. The summed E-state index contributed by atoms with van der Waals surface area (Å²) in [6, 6.07) is 0. The Bertz CT molecular complexity index is 585. The molecule has 0 aliphatic rings. The highest BCUT2D eigenvalue weighted by Crippen LogP contribution is 2.29. The van der Waals surface area contributed by atoms with Crippen LogP contribution in [0.3, 0.4) is 0 Å². The van der Waals surface area contributed by atoms with Gasteiger partial charge in [0.1, 0.15) is 4.88 Å². The second-order valence-corrected chi connectivity index (χ2v) is 6.75. The number of aromatic nitrogens is 4. The van der Waals surface area contributed by atoms with Crippen LogP contribution >= 0.6 is 22.9 Å². The van der Waals surface area contributed by atoms with E-state index in [9.17, 15) is 8.42 Å². The van der Waals surface area contributed by atoms with Crippen LogP contribution in [-0.4, -0.2) is 34.5 Å². The molecule has 0 spiro atoms. The Hall–Kier alpha value is -0.930. The largest absolute Gasteiger partial charge is 0.232 e. The first-order valence-corrected chi connectivity index (χ1v) is 7.29. The Kier molecular flexibility index (Phi) is 2.52. The lowest BCUT2D eigenvalue weighted by molar-refractivity contribution is 0.600. The average Bonchev–Trinajstić information content (AvgIpc) is 2.69. The van der Waals surface area contributed by atoms with Gasteiger partial charge in [-0.3, -0.25) is 0 Å². The smallest absolute Gasteiger partial charge is 0.221 e. The molecule has 0 fully saturated rings. The summed E-state index contributed by atoms with van der Waals surface area (Å²) in [4.78, 5) is 0.766. The molecule has 0 N–H and O–H groups in total. The van der Waals surface area contributed by atoms with Gasteiger partial charge < -0.3 is 0 Å². The monoisotopic (exact) mass is 262 g/mol. The van der Waals surface area contributed by atoms with E-state index in [-0.39, 0.29) is 4.34 Å². The minimum atomic E-state index is -3.28. The molecule has 0 aliphatic heterocycles. The maximum atomic E-state index is 11.2. The molecule has 2 rings (SSSR count). The van der Waals surface area contributed by atoms with E-state index in [1.807, 2.05) is 0 Å². The predicted octanol–water partition coefficient (Wildman–Crippen LogP) is 0.769. The summed E-state index contributed by atoms with van der Waals surface area (Å²) in [5, 5.41) is 11.8. The van der Waals surface area contributed by atoms with E-state index < -0.39 is 9.84 Å². The summed E-state index contributed by atoms with van der Waals surface area (Å²) < 4.78 is 26.1. The van der Waals surface area contributed by atoms with E-state index in [1.165, 1.54) is 11.5 Å². The summed E-state index contributed by atoms with van der Waals surface area (Å²) in [6.45, 7) is 1.79. The van der Waals surface area contributed by atoms with E-state index in [2.05, 4.69) is 19.8 Å². The van der Waals surface area contributed by atoms with E-state index in [4.69, 9.17) is 0 Å². The molecule has 15 heavy (non-hydrogen) atoms. The van der Waals surface area contributed by atoms with Crippen LogP contribution in [0.4, 0.5) is 0 Å². The lowest BCUT2D eigenvalue weighted by Crippen LogP contribution is -1.95. The van der Waals surface area contributed by atoms with Crippen LogP contribution in [0, 0.1) is 6.92 Å². The van der Waals surface area contributed by atoms with Crippen molar-refractivity contribution < 1.29 is 8.42 Å². The van der Waals surface area contributed by atoms with Gasteiger partial charge in [0.25, 0.3) is 0 Å². The molecule has 0 saturated carbocycles. The van der Waals surface area contributed by atoms with E-state index in [0.29, 0.717) is 5.01 Å². The van der Waals surface area contributed by atoms with Gasteiger partial charge in [-0.05, 0) is 18.5 Å². The van der Waals surface area contributed by atoms with Gasteiger partial charge in [0.15, 0.2) is 5.01 Å². The van der Waals surface area contributed by atoms with Crippen LogP contribution in [0.15, 0.2) is 4.34 Å². The maximum absolute atomic E-state index is 11.2. The first kappa shape index (κ1) is 10.6. The van der Waals surface area contributed by atoms with Crippen molar-refractivity contribution in [2.75, 3.05) is 6.26 Å². The van der Waals surface area contributed by atoms with Crippen molar-refractivity contribution in [2.45, 2.75) is 11.3 Å². The zero-order valence-corrected chi connectivity index (χ0v) is 10.3. The fourth-order valence-corrected chi connectivity index (χ4v) is 3.25. The summed E-state index contributed by atoms with van der Waals surface area (Å²) in [5.41, 5.74) is 0.733. The molecule has 80 valence electrons. The van der Waals surface area contributed by atoms with Crippen molar-refractivity contribution in [3.63, 3.8) is 0 Å². The summed E-state index contributed by atoms with van der Waals surface area (Å²) in [5.74, 6) is 0. The molecule has 0 atom stereocenters. The van der Waals surface area contributed by atoms with Gasteiger partial charge in [-0.2, -0.15) is 0 Å². The van der Waals surface area contributed by atoms with Crippen molar-refractivity contribution in [2.24, 2.45) is 0 Å². The van der Waals surface area contributed by atoms with Crippen LogP contribution < -0.4 is 0 Å². The third-order valence-corrected chi connectivity index (χ3v) is 5.14. The first-order chi connectivity index (χ1) is 6.98. The number of nitrogens with zero attached hydrogens (tertiary/aromatic N) is 4. The highest BCUT2D eigenvalue weighted by atomic mass is 32.2. The fraction of sp³-hybridized carbons (Fsp3) is 0.333. The minimum absolute atomic E-state index is 0.0188. The number of aryl methyl sites for hydroxylation is 1. The number of sulfone groups is 1. The van der Waals surface area contributed by atoms with Gasteiger partial charge in [0.05, 0.1) is 5.69 Å².